The van der Waals surface area contributed by atoms with Gasteiger partial charge in [0.15, 0.2) is 0 Å². The normalized spacial score (nSPS) is 16.7. The van der Waals surface area contributed by atoms with Crippen LogP contribution < -0.4 is 10.1 Å². The van der Waals surface area contributed by atoms with Crippen molar-refractivity contribution in [3.8, 4) is 5.75 Å². The molecule has 1 aliphatic rings. The summed E-state index contributed by atoms with van der Waals surface area (Å²) in [4.78, 5) is 20.9. The van der Waals surface area contributed by atoms with E-state index in [0.717, 1.165) is 30.9 Å². The van der Waals surface area contributed by atoms with Gasteiger partial charge in [-0.15, -0.1) is 12.4 Å². The summed E-state index contributed by atoms with van der Waals surface area (Å²) in [5.74, 6) is 0.969. The van der Waals surface area contributed by atoms with Gasteiger partial charge in [0.2, 0.25) is 5.91 Å². The number of halogens is 1. The van der Waals surface area contributed by atoms with E-state index in [1.807, 2.05) is 31.4 Å². The maximum Gasteiger partial charge on any atom is 0.236 e. The molecule has 1 aromatic heterocycles. The van der Waals surface area contributed by atoms with E-state index in [1.165, 1.54) is 11.1 Å². The number of pyridine rings is 1. The van der Waals surface area contributed by atoms with Gasteiger partial charge in [0, 0.05) is 45.1 Å². The average molecular weight is 419 g/mol. The molecule has 1 N–H and O–H groups in total. The van der Waals surface area contributed by atoms with Crippen LogP contribution in [0.2, 0.25) is 0 Å². The molecule has 1 fully saturated rings. The number of hydrogen-bond acceptors (Lipinski definition) is 5. The van der Waals surface area contributed by atoms with Gasteiger partial charge in [-0.05, 0) is 48.7 Å². The predicted octanol–water partition coefficient (Wildman–Crippen LogP) is 2.60. The molecule has 2 aromatic rings. The minimum absolute atomic E-state index is 0. The van der Waals surface area contributed by atoms with Gasteiger partial charge in [-0.3, -0.25) is 14.7 Å². The molecule has 1 aliphatic heterocycles. The molecule has 0 aliphatic carbocycles. The third-order valence-corrected chi connectivity index (χ3v) is 5.08. The summed E-state index contributed by atoms with van der Waals surface area (Å²) in [6.45, 7) is 8.14. The lowest BCUT2D eigenvalue weighted by Gasteiger charge is -2.36. The molecule has 1 aromatic carbocycles. The van der Waals surface area contributed by atoms with Gasteiger partial charge < -0.3 is 15.0 Å². The maximum atomic E-state index is 12.7. The molecule has 158 valence electrons. The number of ether oxygens (including phenoxy) is 1. The minimum atomic E-state index is 0. The molecule has 1 atom stereocenters. The molecule has 7 heteroatoms. The molecule has 0 bridgehead atoms. The van der Waals surface area contributed by atoms with E-state index < -0.39 is 0 Å². The third kappa shape index (κ3) is 6.70. The van der Waals surface area contributed by atoms with Gasteiger partial charge in [0.1, 0.15) is 12.4 Å². The summed E-state index contributed by atoms with van der Waals surface area (Å²) >= 11 is 0. The molecule has 1 saturated heterocycles. The first-order valence-corrected chi connectivity index (χ1v) is 9.82. The van der Waals surface area contributed by atoms with Crippen molar-refractivity contribution in [1.29, 1.82) is 0 Å². The second kappa shape index (κ2) is 11.1. The van der Waals surface area contributed by atoms with E-state index in [2.05, 4.69) is 41.2 Å². The fourth-order valence-electron chi connectivity index (χ4n) is 3.57. The SMILES string of the molecule is Cc1cc(C)cc(OCCN(C)C(=O)CN2CCNCC2c2cccnc2)c1.Cl. The summed E-state index contributed by atoms with van der Waals surface area (Å²) in [7, 11) is 1.84. The topological polar surface area (TPSA) is 57.7 Å². The lowest BCUT2D eigenvalue weighted by atomic mass is 10.1. The van der Waals surface area contributed by atoms with Crippen LogP contribution in [-0.4, -0.2) is 67.1 Å². The number of nitrogens with one attached hydrogen (secondary N) is 1. The number of carbonyl (C=O) groups is 1. The standard InChI is InChI=1S/C22H30N4O2.ClH/c1-17-11-18(2)13-20(12-17)28-10-9-25(3)22(27)16-26-8-7-24-15-21(26)19-5-4-6-23-14-19;/h4-6,11-14,21,24H,7-10,15-16H2,1-3H3;1H. The van der Waals surface area contributed by atoms with Crippen LogP contribution in [0.1, 0.15) is 22.7 Å². The predicted molar refractivity (Wildman–Crippen MR) is 118 cm³/mol. The number of nitrogens with zero attached hydrogens (tertiary/aromatic N) is 3. The number of hydrogen-bond donors (Lipinski definition) is 1. The quantitative estimate of drug-likeness (QED) is 0.749. The third-order valence-electron chi connectivity index (χ3n) is 5.08. The molecule has 0 saturated carbocycles. The zero-order valence-corrected chi connectivity index (χ0v) is 18.2. The molecule has 3 rings (SSSR count). The largest absolute Gasteiger partial charge is 0.492 e. The molecule has 6 nitrogen and oxygen atoms in total. The van der Waals surface area contributed by atoms with E-state index in [4.69, 9.17) is 4.74 Å². The van der Waals surface area contributed by atoms with E-state index >= 15 is 0 Å². The van der Waals surface area contributed by atoms with Crippen molar-refractivity contribution >= 4 is 18.3 Å². The monoisotopic (exact) mass is 418 g/mol. The van der Waals surface area contributed by atoms with Crippen LogP contribution in [0.3, 0.4) is 0 Å². The first-order valence-electron chi connectivity index (χ1n) is 9.82. The Balaban J connectivity index is 0.00000300. The zero-order chi connectivity index (χ0) is 19.9. The molecule has 2 heterocycles. The van der Waals surface area contributed by atoms with Crippen molar-refractivity contribution in [2.24, 2.45) is 0 Å². The van der Waals surface area contributed by atoms with Gasteiger partial charge in [-0.1, -0.05) is 12.1 Å². The van der Waals surface area contributed by atoms with Crippen molar-refractivity contribution in [3.05, 3.63) is 59.4 Å². The summed E-state index contributed by atoms with van der Waals surface area (Å²) in [6.07, 6.45) is 3.66. The van der Waals surface area contributed by atoms with E-state index in [1.54, 1.807) is 11.1 Å². The number of rotatable bonds is 7. The fraction of sp³-hybridized carbons (Fsp3) is 0.455. The summed E-state index contributed by atoms with van der Waals surface area (Å²) in [5.41, 5.74) is 3.50. The number of likely N-dealkylation sites (N-methyl/N-ethyl adjacent to an activating group) is 1. The van der Waals surface area contributed by atoms with Crippen LogP contribution in [0.25, 0.3) is 0 Å². The second-order valence-electron chi connectivity index (χ2n) is 7.46. The number of carbonyl (C=O) groups excluding carboxylic acids is 1. The van der Waals surface area contributed by atoms with Gasteiger partial charge >= 0.3 is 0 Å². The molecule has 0 spiro atoms. The number of benzene rings is 1. The highest BCUT2D eigenvalue weighted by Gasteiger charge is 2.26. The van der Waals surface area contributed by atoms with Crippen molar-refractivity contribution < 1.29 is 9.53 Å². The van der Waals surface area contributed by atoms with Crippen LogP contribution >= 0.6 is 12.4 Å². The number of amides is 1. The van der Waals surface area contributed by atoms with Crippen LogP contribution in [0.5, 0.6) is 5.75 Å². The van der Waals surface area contributed by atoms with Crippen molar-refractivity contribution in [2.45, 2.75) is 19.9 Å². The molecule has 29 heavy (non-hydrogen) atoms. The first-order chi connectivity index (χ1) is 13.5. The van der Waals surface area contributed by atoms with E-state index in [0.29, 0.717) is 19.7 Å². The van der Waals surface area contributed by atoms with Crippen LogP contribution in [0.4, 0.5) is 0 Å². The van der Waals surface area contributed by atoms with Crippen molar-refractivity contribution in [1.82, 2.24) is 20.1 Å². The zero-order valence-electron chi connectivity index (χ0n) is 17.4. The fourth-order valence-corrected chi connectivity index (χ4v) is 3.57. The van der Waals surface area contributed by atoms with Gasteiger partial charge in [-0.2, -0.15) is 0 Å². The molecular weight excluding hydrogens is 388 g/mol. The lowest BCUT2D eigenvalue weighted by Crippen LogP contribution is -2.50. The Morgan fingerprint density at radius 1 is 1.31 bits per heavy atom. The minimum Gasteiger partial charge on any atom is -0.492 e. The lowest BCUT2D eigenvalue weighted by molar-refractivity contribution is -0.132. The number of piperazine rings is 1. The Kier molecular flexibility index (Phi) is 8.89. The van der Waals surface area contributed by atoms with Crippen molar-refractivity contribution in [2.75, 3.05) is 46.4 Å². The Labute approximate surface area is 179 Å². The molecule has 1 amide bonds. The van der Waals surface area contributed by atoms with Gasteiger partial charge in [-0.25, -0.2) is 0 Å². The van der Waals surface area contributed by atoms with Crippen molar-refractivity contribution in [3.63, 3.8) is 0 Å². The second-order valence-corrected chi connectivity index (χ2v) is 7.46. The smallest absolute Gasteiger partial charge is 0.236 e. The van der Waals surface area contributed by atoms with Gasteiger partial charge in [0.25, 0.3) is 0 Å². The Morgan fingerprint density at radius 3 is 2.76 bits per heavy atom. The number of aryl methyl sites for hydroxylation is 2. The summed E-state index contributed by atoms with van der Waals surface area (Å²) < 4.78 is 5.84. The Bertz CT molecular complexity index is 767. The van der Waals surface area contributed by atoms with Crippen LogP contribution in [0.15, 0.2) is 42.7 Å². The highest BCUT2D eigenvalue weighted by molar-refractivity contribution is 5.85. The highest BCUT2D eigenvalue weighted by Crippen LogP contribution is 2.21. The summed E-state index contributed by atoms with van der Waals surface area (Å²) in [6, 6.07) is 10.4. The number of aromatic nitrogens is 1. The highest BCUT2D eigenvalue weighted by atomic mass is 35.5. The Morgan fingerprint density at radius 2 is 2.07 bits per heavy atom. The Hall–Kier alpha value is -2.15. The molecular formula is C22H31ClN4O2. The van der Waals surface area contributed by atoms with Gasteiger partial charge in [0.05, 0.1) is 13.1 Å². The molecule has 0 radical (unpaired) electrons. The van der Waals surface area contributed by atoms with Crippen LogP contribution in [-0.2, 0) is 4.79 Å². The first kappa shape index (κ1) is 23.1. The van der Waals surface area contributed by atoms with Crippen LogP contribution in [0, 0.1) is 13.8 Å². The summed E-state index contributed by atoms with van der Waals surface area (Å²) in [5, 5.41) is 3.41. The maximum absolute atomic E-state index is 12.7. The average Bonchev–Trinajstić information content (AvgIpc) is 2.68. The van der Waals surface area contributed by atoms with E-state index in [9.17, 15) is 4.79 Å². The molecule has 1 unspecified atom stereocenters. The van der Waals surface area contributed by atoms with E-state index in [-0.39, 0.29) is 24.4 Å².